The van der Waals surface area contributed by atoms with Crippen LogP contribution in [0.1, 0.15) is 15.9 Å². The number of anilines is 1. The van der Waals surface area contributed by atoms with Gasteiger partial charge in [0.25, 0.3) is 5.91 Å². The van der Waals surface area contributed by atoms with Gasteiger partial charge < -0.3 is 19.3 Å². The van der Waals surface area contributed by atoms with Crippen LogP contribution in [0.25, 0.3) is 0 Å². The molecule has 0 aliphatic carbocycles. The quantitative estimate of drug-likeness (QED) is 0.576. The minimum Gasteiger partial charge on any atom is -0.490 e. The number of hydrogen-bond donors (Lipinski definition) is 1. The number of nitrogens with zero attached hydrogens (tertiary/aromatic N) is 3. The fourth-order valence-electron chi connectivity index (χ4n) is 3.48. The van der Waals surface area contributed by atoms with Crippen LogP contribution in [0.5, 0.6) is 5.75 Å². The highest BCUT2D eigenvalue weighted by Gasteiger charge is 2.27. The van der Waals surface area contributed by atoms with E-state index in [4.69, 9.17) is 14.7 Å². The Kier molecular flexibility index (Phi) is 7.86. The fraction of sp³-hybridized carbons (Fsp3) is 0.364. The smallest absolute Gasteiger partial charge is 0.257 e. The number of carbonyl (C=O) groups excluding carboxylic acids is 1. The second kappa shape index (κ2) is 10.6. The number of halogens is 1. The van der Waals surface area contributed by atoms with Gasteiger partial charge in [0, 0.05) is 33.3 Å². The van der Waals surface area contributed by atoms with E-state index in [1.807, 2.05) is 6.07 Å². The van der Waals surface area contributed by atoms with Gasteiger partial charge in [-0.15, -0.1) is 0 Å². The molecule has 0 unspecified atom stereocenters. The molecular weight excluding hydrogens is 451 g/mol. The molecule has 1 aliphatic heterocycles. The number of methoxy groups -OCH3 is 1. The standard InChI is InChI=1S/C22H25FN4O5S/c1-25-33(29,30)17-4-6-21(32-12-11-31-2)18(14-17)22(28)27-9-7-26(8-10-27)20-5-3-16(15-24)13-19(20)23/h3-6,13-14,25H,7-12H2,1-2H3. The van der Waals surface area contributed by atoms with Gasteiger partial charge in [0.05, 0.1) is 34.4 Å². The van der Waals surface area contributed by atoms with E-state index in [0.717, 1.165) is 0 Å². The molecule has 0 radical (unpaired) electrons. The SMILES string of the molecule is CNS(=O)(=O)c1ccc(OCCOC)c(C(=O)N2CCN(c3ccc(C#N)cc3F)CC2)c1. The van der Waals surface area contributed by atoms with Gasteiger partial charge in [-0.2, -0.15) is 5.26 Å². The molecule has 11 heteroatoms. The molecule has 1 fully saturated rings. The maximum absolute atomic E-state index is 14.4. The lowest BCUT2D eigenvalue weighted by Gasteiger charge is -2.36. The van der Waals surface area contributed by atoms with Crippen molar-refractivity contribution in [2.75, 3.05) is 58.5 Å². The van der Waals surface area contributed by atoms with Crippen molar-refractivity contribution in [2.45, 2.75) is 4.90 Å². The van der Waals surface area contributed by atoms with Crippen molar-refractivity contribution in [3.05, 3.63) is 53.3 Å². The Labute approximate surface area is 192 Å². The molecule has 33 heavy (non-hydrogen) atoms. The molecular formula is C22H25FN4O5S. The van der Waals surface area contributed by atoms with Crippen LogP contribution in [-0.2, 0) is 14.8 Å². The molecule has 0 bridgehead atoms. The summed E-state index contributed by atoms with van der Waals surface area (Å²) < 4.78 is 51.7. The Balaban J connectivity index is 1.80. The summed E-state index contributed by atoms with van der Waals surface area (Å²) in [5.74, 6) is -0.615. The average Bonchev–Trinajstić information content (AvgIpc) is 2.84. The first-order valence-electron chi connectivity index (χ1n) is 10.2. The van der Waals surface area contributed by atoms with Gasteiger partial charge in [0.1, 0.15) is 18.2 Å². The number of nitrogens with one attached hydrogen (secondary N) is 1. The molecule has 3 rings (SSSR count). The molecule has 1 aliphatic rings. The zero-order chi connectivity index (χ0) is 24.0. The molecule has 1 amide bonds. The Morgan fingerprint density at radius 3 is 2.48 bits per heavy atom. The molecule has 0 spiro atoms. The van der Waals surface area contributed by atoms with Crippen molar-refractivity contribution in [3.8, 4) is 11.8 Å². The van der Waals surface area contributed by atoms with Crippen molar-refractivity contribution in [1.29, 1.82) is 5.26 Å². The van der Waals surface area contributed by atoms with Crippen LogP contribution in [-0.4, -0.2) is 72.8 Å². The van der Waals surface area contributed by atoms with E-state index in [-0.39, 0.29) is 34.3 Å². The van der Waals surface area contributed by atoms with Gasteiger partial charge in [-0.05, 0) is 43.4 Å². The predicted octanol–water partition coefficient (Wildman–Crippen LogP) is 1.59. The summed E-state index contributed by atoms with van der Waals surface area (Å²) in [6.45, 7) is 1.86. The van der Waals surface area contributed by atoms with Gasteiger partial charge in [-0.1, -0.05) is 0 Å². The zero-order valence-electron chi connectivity index (χ0n) is 18.4. The van der Waals surface area contributed by atoms with E-state index in [1.165, 1.54) is 38.4 Å². The van der Waals surface area contributed by atoms with Crippen molar-refractivity contribution < 1.29 is 27.1 Å². The number of carbonyl (C=O) groups is 1. The number of piperazine rings is 1. The summed E-state index contributed by atoms with van der Waals surface area (Å²) in [5, 5.41) is 8.91. The third kappa shape index (κ3) is 5.60. The number of ether oxygens (including phenoxy) is 2. The van der Waals surface area contributed by atoms with E-state index >= 15 is 0 Å². The highest BCUT2D eigenvalue weighted by molar-refractivity contribution is 7.89. The second-order valence-corrected chi connectivity index (χ2v) is 9.15. The van der Waals surface area contributed by atoms with Crippen LogP contribution in [0.2, 0.25) is 0 Å². The zero-order valence-corrected chi connectivity index (χ0v) is 19.2. The van der Waals surface area contributed by atoms with Crippen LogP contribution in [0.3, 0.4) is 0 Å². The number of benzene rings is 2. The van der Waals surface area contributed by atoms with E-state index in [2.05, 4.69) is 4.72 Å². The summed E-state index contributed by atoms with van der Waals surface area (Å²) in [5.41, 5.74) is 0.731. The van der Waals surface area contributed by atoms with Crippen LogP contribution in [0, 0.1) is 17.1 Å². The maximum atomic E-state index is 14.4. The topological polar surface area (TPSA) is 112 Å². The Hall–Kier alpha value is -3.20. The molecule has 2 aromatic carbocycles. The normalized spacial score (nSPS) is 14.1. The Morgan fingerprint density at radius 2 is 1.88 bits per heavy atom. The molecule has 1 heterocycles. The summed E-state index contributed by atoms with van der Waals surface area (Å²) in [7, 11) is -0.941. The van der Waals surface area contributed by atoms with Crippen molar-refractivity contribution in [3.63, 3.8) is 0 Å². The van der Waals surface area contributed by atoms with E-state index in [9.17, 15) is 17.6 Å². The molecule has 176 valence electrons. The Morgan fingerprint density at radius 1 is 1.15 bits per heavy atom. The monoisotopic (exact) mass is 476 g/mol. The molecule has 9 nitrogen and oxygen atoms in total. The lowest BCUT2D eigenvalue weighted by Crippen LogP contribution is -2.49. The van der Waals surface area contributed by atoms with Crippen LogP contribution in [0.15, 0.2) is 41.3 Å². The number of amides is 1. The molecule has 0 saturated carbocycles. The summed E-state index contributed by atoms with van der Waals surface area (Å²) in [4.78, 5) is 16.6. The first-order valence-corrected chi connectivity index (χ1v) is 11.7. The summed E-state index contributed by atoms with van der Waals surface area (Å²) >= 11 is 0. The maximum Gasteiger partial charge on any atom is 0.257 e. The van der Waals surface area contributed by atoms with Gasteiger partial charge >= 0.3 is 0 Å². The first kappa shape index (κ1) is 24.4. The van der Waals surface area contributed by atoms with Gasteiger partial charge in [-0.25, -0.2) is 17.5 Å². The number of hydrogen-bond acceptors (Lipinski definition) is 7. The summed E-state index contributed by atoms with van der Waals surface area (Å²) in [6.07, 6.45) is 0. The van der Waals surface area contributed by atoms with Gasteiger partial charge in [0.2, 0.25) is 10.0 Å². The first-order chi connectivity index (χ1) is 15.8. The van der Waals surface area contributed by atoms with Crippen LogP contribution >= 0.6 is 0 Å². The molecule has 1 N–H and O–H groups in total. The third-order valence-corrected chi connectivity index (χ3v) is 6.70. The molecule has 2 aromatic rings. The predicted molar refractivity (Wildman–Crippen MR) is 119 cm³/mol. The Bertz CT molecular complexity index is 1160. The average molecular weight is 477 g/mol. The lowest BCUT2D eigenvalue weighted by molar-refractivity contribution is 0.0739. The third-order valence-electron chi connectivity index (χ3n) is 5.29. The molecule has 0 atom stereocenters. The lowest BCUT2D eigenvalue weighted by atomic mass is 10.1. The van der Waals surface area contributed by atoms with Crippen molar-refractivity contribution in [1.82, 2.24) is 9.62 Å². The van der Waals surface area contributed by atoms with Gasteiger partial charge in [0.15, 0.2) is 0 Å². The van der Waals surface area contributed by atoms with Crippen molar-refractivity contribution >= 4 is 21.6 Å². The van der Waals surface area contributed by atoms with Gasteiger partial charge in [-0.3, -0.25) is 4.79 Å². The number of nitriles is 1. The largest absolute Gasteiger partial charge is 0.490 e. The van der Waals surface area contributed by atoms with E-state index < -0.39 is 15.8 Å². The molecule has 1 saturated heterocycles. The van der Waals surface area contributed by atoms with E-state index in [1.54, 1.807) is 21.9 Å². The minimum absolute atomic E-state index is 0.0502. The molecule has 0 aromatic heterocycles. The minimum atomic E-state index is -3.76. The van der Waals surface area contributed by atoms with Crippen LogP contribution < -0.4 is 14.4 Å². The van der Waals surface area contributed by atoms with Crippen LogP contribution in [0.4, 0.5) is 10.1 Å². The number of rotatable bonds is 8. The summed E-state index contributed by atoms with van der Waals surface area (Å²) in [6, 6.07) is 10.3. The van der Waals surface area contributed by atoms with Crippen molar-refractivity contribution in [2.24, 2.45) is 0 Å². The highest BCUT2D eigenvalue weighted by Crippen LogP contribution is 2.26. The number of sulfonamides is 1. The highest BCUT2D eigenvalue weighted by atomic mass is 32.2. The van der Waals surface area contributed by atoms with E-state index in [0.29, 0.717) is 38.5 Å². The fourth-order valence-corrected chi connectivity index (χ4v) is 4.23. The second-order valence-electron chi connectivity index (χ2n) is 7.26.